The van der Waals surface area contributed by atoms with Gasteiger partial charge < -0.3 is 0 Å². The number of azide groups is 1. The Morgan fingerprint density at radius 1 is 1.43 bits per heavy atom. The van der Waals surface area contributed by atoms with Gasteiger partial charge in [-0.15, -0.1) is 0 Å². The molecule has 1 aromatic rings. The number of hydrogen-bond donors (Lipinski definition) is 0. The quantitative estimate of drug-likeness (QED) is 0.367. The van der Waals surface area contributed by atoms with Gasteiger partial charge in [0.15, 0.2) is 0 Å². The van der Waals surface area contributed by atoms with E-state index in [0.29, 0.717) is 5.92 Å². The van der Waals surface area contributed by atoms with Crippen LogP contribution in [-0.4, -0.2) is 6.04 Å². The van der Waals surface area contributed by atoms with Crippen LogP contribution in [-0.2, 0) is 6.42 Å². The minimum absolute atomic E-state index is 0.134. The number of hydrogen-bond acceptors (Lipinski definition) is 1. The fourth-order valence-electron chi connectivity index (χ4n) is 2.19. The van der Waals surface area contributed by atoms with Crippen LogP contribution < -0.4 is 0 Å². The summed E-state index contributed by atoms with van der Waals surface area (Å²) in [4.78, 5) is 2.91. The average Bonchev–Trinajstić information content (AvgIpc) is 2.23. The van der Waals surface area contributed by atoms with E-state index in [1.807, 2.05) is 6.07 Å². The van der Waals surface area contributed by atoms with E-state index in [2.05, 4.69) is 35.1 Å². The fourth-order valence-corrected chi connectivity index (χ4v) is 2.19. The van der Waals surface area contributed by atoms with E-state index in [-0.39, 0.29) is 6.04 Å². The zero-order valence-corrected chi connectivity index (χ0v) is 8.22. The number of benzene rings is 1. The van der Waals surface area contributed by atoms with Gasteiger partial charge in [-0.05, 0) is 35.4 Å². The molecule has 0 fully saturated rings. The lowest BCUT2D eigenvalue weighted by Gasteiger charge is -2.27. The second kappa shape index (κ2) is 3.72. The van der Waals surface area contributed by atoms with E-state index in [0.717, 1.165) is 12.8 Å². The third-order valence-corrected chi connectivity index (χ3v) is 3.03. The van der Waals surface area contributed by atoms with Crippen molar-refractivity contribution >= 4 is 0 Å². The third-order valence-electron chi connectivity index (χ3n) is 3.03. The lowest BCUT2D eigenvalue weighted by Crippen LogP contribution is -2.21. The van der Waals surface area contributed by atoms with Crippen molar-refractivity contribution < 1.29 is 0 Å². The first kappa shape index (κ1) is 9.10. The Balaban J connectivity index is 2.35. The van der Waals surface area contributed by atoms with Crippen LogP contribution in [0.25, 0.3) is 10.4 Å². The van der Waals surface area contributed by atoms with Crippen LogP contribution in [0, 0.1) is 0 Å². The van der Waals surface area contributed by atoms with Crippen molar-refractivity contribution in [1.82, 2.24) is 0 Å². The zero-order chi connectivity index (χ0) is 9.97. The largest absolute Gasteiger partial charge is 0.0900 e. The summed E-state index contributed by atoms with van der Waals surface area (Å²) in [6.45, 7) is 2.14. The molecule has 0 bridgehead atoms. The number of rotatable bonds is 1. The van der Waals surface area contributed by atoms with Gasteiger partial charge in [0, 0.05) is 11.0 Å². The molecule has 2 unspecified atom stereocenters. The van der Waals surface area contributed by atoms with Gasteiger partial charge in [-0.2, -0.15) is 0 Å². The predicted octanol–water partition coefficient (Wildman–Crippen LogP) is 3.42. The first-order valence-electron chi connectivity index (χ1n) is 4.95. The Kier molecular flexibility index (Phi) is 2.42. The van der Waals surface area contributed by atoms with Crippen molar-refractivity contribution in [1.29, 1.82) is 0 Å². The molecule has 1 aliphatic carbocycles. The Hall–Kier alpha value is -1.47. The second-order valence-corrected chi connectivity index (χ2v) is 3.80. The highest BCUT2D eigenvalue weighted by Gasteiger charge is 2.24. The third kappa shape index (κ3) is 1.47. The maximum atomic E-state index is 8.44. The summed E-state index contributed by atoms with van der Waals surface area (Å²) in [6, 6.07) is 8.56. The predicted molar refractivity (Wildman–Crippen MR) is 56.1 cm³/mol. The standard InChI is InChI=1S/C11H13N3/c1-8-10-5-3-2-4-9(10)6-7-11(8)13-14-12/h2-5,8,11H,6-7H2,1H3. The van der Waals surface area contributed by atoms with Gasteiger partial charge in [-0.1, -0.05) is 36.3 Å². The number of nitrogens with zero attached hydrogens (tertiary/aromatic N) is 3. The molecule has 1 aliphatic rings. The normalized spacial score (nSPS) is 24.9. The molecule has 2 atom stereocenters. The molecule has 0 spiro atoms. The Bertz CT molecular complexity index is 380. The molecule has 0 aliphatic heterocycles. The van der Waals surface area contributed by atoms with Gasteiger partial charge >= 0.3 is 0 Å². The topological polar surface area (TPSA) is 48.8 Å². The van der Waals surface area contributed by atoms with E-state index in [1.54, 1.807) is 0 Å². The minimum Gasteiger partial charge on any atom is -0.0900 e. The smallest absolute Gasteiger partial charge is 0.0443 e. The molecule has 14 heavy (non-hydrogen) atoms. The summed E-state index contributed by atoms with van der Waals surface area (Å²) >= 11 is 0. The SMILES string of the molecule is CC1c2ccccc2CCC1N=[N+]=[N-]. The van der Waals surface area contributed by atoms with Crippen LogP contribution in [0.3, 0.4) is 0 Å². The lowest BCUT2D eigenvalue weighted by atomic mass is 9.81. The van der Waals surface area contributed by atoms with E-state index in [4.69, 9.17) is 5.53 Å². The van der Waals surface area contributed by atoms with E-state index in [1.165, 1.54) is 11.1 Å². The van der Waals surface area contributed by atoms with Crippen LogP contribution in [0.4, 0.5) is 0 Å². The molecule has 0 amide bonds. The van der Waals surface area contributed by atoms with E-state index < -0.39 is 0 Å². The number of aryl methyl sites for hydroxylation is 1. The van der Waals surface area contributed by atoms with Gasteiger partial charge in [-0.3, -0.25) is 0 Å². The van der Waals surface area contributed by atoms with Crippen molar-refractivity contribution in [2.45, 2.75) is 31.7 Å². The summed E-state index contributed by atoms with van der Waals surface area (Å²) in [5.74, 6) is 0.357. The molecular weight excluding hydrogens is 174 g/mol. The molecule has 3 nitrogen and oxygen atoms in total. The fraction of sp³-hybridized carbons (Fsp3) is 0.455. The molecule has 72 valence electrons. The van der Waals surface area contributed by atoms with Gasteiger partial charge in [0.25, 0.3) is 0 Å². The van der Waals surface area contributed by atoms with Crippen LogP contribution in [0.15, 0.2) is 29.4 Å². The van der Waals surface area contributed by atoms with E-state index >= 15 is 0 Å². The maximum Gasteiger partial charge on any atom is 0.0443 e. The minimum atomic E-state index is 0.134. The van der Waals surface area contributed by atoms with Crippen molar-refractivity contribution in [3.63, 3.8) is 0 Å². The molecule has 0 heterocycles. The molecule has 2 rings (SSSR count). The first-order chi connectivity index (χ1) is 6.83. The highest BCUT2D eigenvalue weighted by atomic mass is 15.1. The highest BCUT2D eigenvalue weighted by Crippen LogP contribution is 2.33. The second-order valence-electron chi connectivity index (χ2n) is 3.80. The Morgan fingerprint density at radius 3 is 3.00 bits per heavy atom. The zero-order valence-electron chi connectivity index (χ0n) is 8.22. The molecule has 0 radical (unpaired) electrons. The summed E-state index contributed by atoms with van der Waals surface area (Å²) < 4.78 is 0. The molecule has 0 aromatic heterocycles. The summed E-state index contributed by atoms with van der Waals surface area (Å²) in [6.07, 6.45) is 2.01. The highest BCUT2D eigenvalue weighted by molar-refractivity contribution is 5.33. The van der Waals surface area contributed by atoms with E-state index in [9.17, 15) is 0 Å². The molecule has 0 N–H and O–H groups in total. The average molecular weight is 187 g/mol. The molecule has 0 saturated heterocycles. The maximum absolute atomic E-state index is 8.44. The van der Waals surface area contributed by atoms with Crippen molar-refractivity contribution in [2.24, 2.45) is 5.11 Å². The Morgan fingerprint density at radius 2 is 2.21 bits per heavy atom. The Labute approximate surface area is 83.4 Å². The molecule has 1 aromatic carbocycles. The van der Waals surface area contributed by atoms with Gasteiger partial charge in [0.2, 0.25) is 0 Å². The summed E-state index contributed by atoms with van der Waals surface area (Å²) in [5.41, 5.74) is 11.2. The first-order valence-corrected chi connectivity index (χ1v) is 4.95. The van der Waals surface area contributed by atoms with Crippen molar-refractivity contribution in [2.75, 3.05) is 0 Å². The number of fused-ring (bicyclic) bond motifs is 1. The van der Waals surface area contributed by atoms with Crippen molar-refractivity contribution in [3.8, 4) is 0 Å². The summed E-state index contributed by atoms with van der Waals surface area (Å²) in [7, 11) is 0. The summed E-state index contributed by atoms with van der Waals surface area (Å²) in [5, 5.41) is 3.84. The molecular formula is C11H13N3. The van der Waals surface area contributed by atoms with Gasteiger partial charge in [0.1, 0.15) is 0 Å². The molecule has 3 heteroatoms. The van der Waals surface area contributed by atoms with Gasteiger partial charge in [-0.25, -0.2) is 0 Å². The van der Waals surface area contributed by atoms with Crippen LogP contribution >= 0.6 is 0 Å². The lowest BCUT2D eigenvalue weighted by molar-refractivity contribution is 0.495. The molecule has 0 saturated carbocycles. The van der Waals surface area contributed by atoms with Gasteiger partial charge in [0.05, 0.1) is 0 Å². The monoisotopic (exact) mass is 187 g/mol. The van der Waals surface area contributed by atoms with Crippen molar-refractivity contribution in [3.05, 3.63) is 45.8 Å². The van der Waals surface area contributed by atoms with Crippen LogP contribution in [0.2, 0.25) is 0 Å². The van der Waals surface area contributed by atoms with Crippen LogP contribution in [0.1, 0.15) is 30.4 Å². The van der Waals surface area contributed by atoms with Crippen LogP contribution in [0.5, 0.6) is 0 Å².